The zero-order chi connectivity index (χ0) is 15.0. The molecule has 0 aromatic carbocycles. The van der Waals surface area contributed by atoms with Crippen molar-refractivity contribution in [3.05, 3.63) is 28.3 Å². The fraction of sp³-hybridized carbons (Fsp3) is 0.467. The minimum Gasteiger partial charge on any atom is -0.462 e. The van der Waals surface area contributed by atoms with E-state index in [0.29, 0.717) is 17.9 Å². The number of nitrogens with zero attached hydrogens (tertiary/aromatic N) is 2. The normalized spacial score (nSPS) is 22.5. The van der Waals surface area contributed by atoms with Gasteiger partial charge in [-0.1, -0.05) is 0 Å². The standard InChI is InChI=1S/C15H19N3O2S/c1-9-5-12(16)3-4-18(9)15(19)11-6-14(20-7-11)13-8-21-10(2)17-13/h6-9,12H,3-5,16H2,1-2H3. The van der Waals surface area contributed by atoms with Crippen molar-refractivity contribution < 1.29 is 9.21 Å². The predicted octanol–water partition coefficient (Wildman–Crippen LogP) is 2.66. The smallest absolute Gasteiger partial charge is 0.257 e. The van der Waals surface area contributed by atoms with Gasteiger partial charge in [0.25, 0.3) is 5.91 Å². The van der Waals surface area contributed by atoms with E-state index in [9.17, 15) is 4.79 Å². The first-order valence-electron chi connectivity index (χ1n) is 7.12. The Bertz CT molecular complexity index is 649. The maximum atomic E-state index is 12.6. The van der Waals surface area contributed by atoms with E-state index >= 15 is 0 Å². The van der Waals surface area contributed by atoms with Crippen molar-refractivity contribution >= 4 is 17.2 Å². The van der Waals surface area contributed by atoms with Gasteiger partial charge in [-0.05, 0) is 32.8 Å². The minimum absolute atomic E-state index is 0.0105. The van der Waals surface area contributed by atoms with Gasteiger partial charge in [0, 0.05) is 24.0 Å². The average molecular weight is 305 g/mol. The van der Waals surface area contributed by atoms with Crippen LogP contribution in [0.4, 0.5) is 0 Å². The van der Waals surface area contributed by atoms with Crippen LogP contribution in [0.2, 0.25) is 0 Å². The number of likely N-dealkylation sites (tertiary alicyclic amines) is 1. The Balaban J connectivity index is 1.78. The number of amides is 1. The Morgan fingerprint density at radius 3 is 3.05 bits per heavy atom. The topological polar surface area (TPSA) is 72.4 Å². The summed E-state index contributed by atoms with van der Waals surface area (Å²) >= 11 is 1.57. The molecule has 2 aromatic rings. The number of hydrogen-bond acceptors (Lipinski definition) is 5. The molecule has 6 heteroatoms. The molecule has 2 aromatic heterocycles. The summed E-state index contributed by atoms with van der Waals surface area (Å²) in [5.41, 5.74) is 7.31. The molecule has 2 unspecified atom stereocenters. The van der Waals surface area contributed by atoms with Crippen LogP contribution >= 0.6 is 11.3 Å². The Kier molecular flexibility index (Phi) is 3.82. The zero-order valence-electron chi connectivity index (χ0n) is 12.2. The van der Waals surface area contributed by atoms with Gasteiger partial charge in [0.1, 0.15) is 12.0 Å². The average Bonchev–Trinajstić information content (AvgIpc) is 3.06. The summed E-state index contributed by atoms with van der Waals surface area (Å²) in [5, 5.41) is 2.92. The maximum Gasteiger partial charge on any atom is 0.257 e. The molecular weight excluding hydrogens is 286 g/mol. The minimum atomic E-state index is 0.0105. The largest absolute Gasteiger partial charge is 0.462 e. The van der Waals surface area contributed by atoms with Crippen molar-refractivity contribution in [2.45, 2.75) is 38.8 Å². The third kappa shape index (κ3) is 2.87. The Hall–Kier alpha value is -1.66. The van der Waals surface area contributed by atoms with Crippen LogP contribution in [-0.4, -0.2) is 34.4 Å². The number of nitrogens with two attached hydrogens (primary N) is 1. The van der Waals surface area contributed by atoms with Crippen LogP contribution in [0.3, 0.4) is 0 Å². The van der Waals surface area contributed by atoms with E-state index in [1.165, 1.54) is 6.26 Å². The zero-order valence-corrected chi connectivity index (χ0v) is 13.0. The number of carbonyl (C=O) groups is 1. The van der Waals surface area contributed by atoms with Crippen LogP contribution in [0.5, 0.6) is 0 Å². The van der Waals surface area contributed by atoms with Gasteiger partial charge in [0.05, 0.1) is 10.6 Å². The van der Waals surface area contributed by atoms with Gasteiger partial charge in [-0.2, -0.15) is 0 Å². The number of aromatic nitrogens is 1. The molecule has 21 heavy (non-hydrogen) atoms. The highest BCUT2D eigenvalue weighted by Gasteiger charge is 2.28. The van der Waals surface area contributed by atoms with Crippen molar-refractivity contribution in [2.24, 2.45) is 5.73 Å². The SMILES string of the molecule is Cc1nc(-c2cc(C(=O)N3CCC(N)CC3C)co2)cs1. The molecule has 5 nitrogen and oxygen atoms in total. The molecule has 3 heterocycles. The van der Waals surface area contributed by atoms with E-state index in [2.05, 4.69) is 4.98 Å². The van der Waals surface area contributed by atoms with Crippen molar-refractivity contribution in [2.75, 3.05) is 6.54 Å². The summed E-state index contributed by atoms with van der Waals surface area (Å²) in [5.74, 6) is 0.653. The monoisotopic (exact) mass is 305 g/mol. The van der Waals surface area contributed by atoms with E-state index in [1.54, 1.807) is 17.4 Å². The van der Waals surface area contributed by atoms with Crippen LogP contribution < -0.4 is 5.73 Å². The van der Waals surface area contributed by atoms with Gasteiger partial charge < -0.3 is 15.1 Å². The number of furan rings is 1. The summed E-state index contributed by atoms with van der Waals surface area (Å²) in [6.45, 7) is 4.70. The molecule has 0 saturated carbocycles. The first kappa shape index (κ1) is 14.3. The van der Waals surface area contributed by atoms with Gasteiger partial charge in [0.15, 0.2) is 5.76 Å². The Morgan fingerprint density at radius 1 is 1.57 bits per heavy atom. The number of aryl methyl sites for hydroxylation is 1. The van der Waals surface area contributed by atoms with Crippen LogP contribution in [0, 0.1) is 6.92 Å². The first-order valence-corrected chi connectivity index (χ1v) is 8.00. The molecule has 1 saturated heterocycles. The third-order valence-corrected chi connectivity index (χ3v) is 4.67. The van der Waals surface area contributed by atoms with E-state index in [4.69, 9.17) is 10.2 Å². The first-order chi connectivity index (χ1) is 10.0. The molecule has 1 fully saturated rings. The molecule has 2 N–H and O–H groups in total. The van der Waals surface area contributed by atoms with E-state index in [1.807, 2.05) is 24.1 Å². The number of piperidine rings is 1. The van der Waals surface area contributed by atoms with Crippen LogP contribution in [0.25, 0.3) is 11.5 Å². The number of carbonyl (C=O) groups excluding carboxylic acids is 1. The van der Waals surface area contributed by atoms with Crippen molar-refractivity contribution in [1.82, 2.24) is 9.88 Å². The van der Waals surface area contributed by atoms with Crippen LogP contribution in [-0.2, 0) is 0 Å². The van der Waals surface area contributed by atoms with E-state index in [0.717, 1.165) is 23.5 Å². The molecule has 3 rings (SSSR count). The predicted molar refractivity (Wildman–Crippen MR) is 82.3 cm³/mol. The summed E-state index contributed by atoms with van der Waals surface area (Å²) in [7, 11) is 0. The summed E-state index contributed by atoms with van der Waals surface area (Å²) < 4.78 is 5.50. The molecule has 0 bridgehead atoms. The lowest BCUT2D eigenvalue weighted by Gasteiger charge is -2.36. The van der Waals surface area contributed by atoms with Crippen molar-refractivity contribution in [1.29, 1.82) is 0 Å². The highest BCUT2D eigenvalue weighted by atomic mass is 32.1. The number of thiazole rings is 1. The molecule has 0 radical (unpaired) electrons. The fourth-order valence-corrected chi connectivity index (χ4v) is 3.34. The molecule has 2 atom stereocenters. The third-order valence-electron chi connectivity index (χ3n) is 3.90. The van der Waals surface area contributed by atoms with Gasteiger partial charge in [-0.25, -0.2) is 4.98 Å². The highest BCUT2D eigenvalue weighted by molar-refractivity contribution is 7.09. The molecule has 112 valence electrons. The second kappa shape index (κ2) is 5.61. The fourth-order valence-electron chi connectivity index (χ4n) is 2.74. The second-order valence-electron chi connectivity index (χ2n) is 5.58. The second-order valence-corrected chi connectivity index (χ2v) is 6.65. The van der Waals surface area contributed by atoms with Crippen LogP contribution in [0.1, 0.15) is 35.1 Å². The van der Waals surface area contributed by atoms with Crippen molar-refractivity contribution in [3.8, 4) is 11.5 Å². The van der Waals surface area contributed by atoms with E-state index in [-0.39, 0.29) is 18.0 Å². The van der Waals surface area contributed by atoms with Crippen molar-refractivity contribution in [3.63, 3.8) is 0 Å². The Morgan fingerprint density at radius 2 is 2.38 bits per heavy atom. The summed E-state index contributed by atoms with van der Waals surface area (Å²) in [4.78, 5) is 18.8. The van der Waals surface area contributed by atoms with Gasteiger partial charge in [0.2, 0.25) is 0 Å². The molecular formula is C15H19N3O2S. The van der Waals surface area contributed by atoms with Crippen LogP contribution in [0.15, 0.2) is 22.1 Å². The number of rotatable bonds is 2. The summed E-state index contributed by atoms with van der Waals surface area (Å²) in [6, 6.07) is 2.14. The lowest BCUT2D eigenvalue weighted by Crippen LogP contribution is -2.48. The molecule has 0 aliphatic carbocycles. The molecule has 1 aliphatic heterocycles. The van der Waals surface area contributed by atoms with Gasteiger partial charge in [-0.3, -0.25) is 4.79 Å². The lowest BCUT2D eigenvalue weighted by molar-refractivity contribution is 0.0618. The Labute approximate surface area is 127 Å². The van der Waals surface area contributed by atoms with Gasteiger partial charge >= 0.3 is 0 Å². The molecule has 1 aliphatic rings. The van der Waals surface area contributed by atoms with E-state index < -0.39 is 0 Å². The highest BCUT2D eigenvalue weighted by Crippen LogP contribution is 2.26. The number of hydrogen-bond donors (Lipinski definition) is 1. The van der Waals surface area contributed by atoms with Gasteiger partial charge in [-0.15, -0.1) is 11.3 Å². The molecule has 1 amide bonds. The lowest BCUT2D eigenvalue weighted by atomic mass is 9.98. The molecule has 0 spiro atoms. The summed E-state index contributed by atoms with van der Waals surface area (Å²) in [6.07, 6.45) is 3.22. The quantitative estimate of drug-likeness (QED) is 0.926. The maximum absolute atomic E-state index is 12.6.